The fourth-order valence-electron chi connectivity index (χ4n) is 7.46. The van der Waals surface area contributed by atoms with Crippen molar-refractivity contribution in [2.75, 3.05) is 4.90 Å². The summed E-state index contributed by atoms with van der Waals surface area (Å²) in [4.78, 5) is 42.5. The van der Waals surface area contributed by atoms with Crippen LogP contribution in [0, 0.1) is 38.0 Å². The number of rotatable bonds is 5. The van der Waals surface area contributed by atoms with E-state index < -0.39 is 11.5 Å². The van der Waals surface area contributed by atoms with Gasteiger partial charge in [-0.1, -0.05) is 12.1 Å². The van der Waals surface area contributed by atoms with Crippen LogP contribution in [-0.2, 0) is 19.9 Å². The molecule has 4 aliphatic carbocycles. The van der Waals surface area contributed by atoms with Crippen molar-refractivity contribution in [3.63, 3.8) is 0 Å². The maximum atomic E-state index is 13.6. The van der Waals surface area contributed by atoms with E-state index >= 15 is 0 Å². The van der Waals surface area contributed by atoms with Crippen LogP contribution in [0.1, 0.15) is 61.9 Å². The maximum absolute atomic E-state index is 13.6. The molecular formula is C25H31N7O3. The van der Waals surface area contributed by atoms with Gasteiger partial charge in [-0.15, -0.1) is 10.2 Å². The molecular weight excluding hydrogens is 446 g/mol. The lowest BCUT2D eigenvalue weighted by molar-refractivity contribution is -0.158. The molecule has 7 rings (SSSR count). The topological polar surface area (TPSA) is 122 Å². The molecule has 2 unspecified atom stereocenters. The van der Waals surface area contributed by atoms with Gasteiger partial charge in [0.05, 0.1) is 23.1 Å². The molecule has 4 bridgehead atoms. The first kappa shape index (κ1) is 22.3. The highest BCUT2D eigenvalue weighted by atomic mass is 16.2. The minimum Gasteiger partial charge on any atom is -0.290 e. The quantitative estimate of drug-likeness (QED) is 0.498. The molecule has 5 atom stereocenters. The van der Waals surface area contributed by atoms with Gasteiger partial charge in [0.1, 0.15) is 6.04 Å². The van der Waals surface area contributed by atoms with Crippen LogP contribution in [0.3, 0.4) is 0 Å². The zero-order valence-corrected chi connectivity index (χ0v) is 20.4. The van der Waals surface area contributed by atoms with E-state index in [1.165, 1.54) is 4.90 Å². The van der Waals surface area contributed by atoms with E-state index in [-0.39, 0.29) is 29.7 Å². The Hall–Kier alpha value is -3.14. The molecule has 1 aromatic heterocycles. The molecule has 1 saturated heterocycles. The smallest absolute Gasteiger partial charge is 0.253 e. The van der Waals surface area contributed by atoms with Gasteiger partial charge >= 0.3 is 0 Å². The number of carbonyl (C=O) groups is 3. The molecule has 0 radical (unpaired) electrons. The first-order valence-electron chi connectivity index (χ1n) is 12.5. The van der Waals surface area contributed by atoms with E-state index in [1.54, 1.807) is 10.9 Å². The Morgan fingerprint density at radius 1 is 1.09 bits per heavy atom. The molecule has 2 N–H and O–H groups in total. The Morgan fingerprint density at radius 2 is 1.83 bits per heavy atom. The molecule has 4 saturated carbocycles. The second-order valence-electron chi connectivity index (χ2n) is 11.2. The fraction of sp³-hybridized carbons (Fsp3) is 0.600. The number of amides is 3. The lowest BCUT2D eigenvalue weighted by Gasteiger charge is -2.60. The molecule has 5 fully saturated rings. The minimum atomic E-state index is -0.783. The van der Waals surface area contributed by atoms with E-state index in [0.717, 1.165) is 43.2 Å². The number of benzene rings is 1. The van der Waals surface area contributed by atoms with Crippen LogP contribution in [-0.4, -0.2) is 44.0 Å². The Morgan fingerprint density at radius 3 is 2.51 bits per heavy atom. The number of aromatic nitrogens is 4. The van der Waals surface area contributed by atoms with Gasteiger partial charge in [0.25, 0.3) is 5.91 Å². The largest absolute Gasteiger partial charge is 0.290 e. The predicted octanol–water partition coefficient (Wildman–Crippen LogP) is 1.85. The van der Waals surface area contributed by atoms with Crippen molar-refractivity contribution in [3.05, 3.63) is 35.2 Å². The molecule has 184 valence electrons. The third-order valence-electron chi connectivity index (χ3n) is 8.77. The summed E-state index contributed by atoms with van der Waals surface area (Å²) in [5, 5.41) is 12.9. The Labute approximate surface area is 203 Å². The van der Waals surface area contributed by atoms with Crippen molar-refractivity contribution < 1.29 is 14.4 Å². The van der Waals surface area contributed by atoms with E-state index in [4.69, 9.17) is 0 Å². The maximum Gasteiger partial charge on any atom is 0.253 e. The van der Waals surface area contributed by atoms with Crippen LogP contribution in [0.5, 0.6) is 0 Å². The summed E-state index contributed by atoms with van der Waals surface area (Å²) >= 11 is 0. The number of nitrogens with one attached hydrogen (secondary N) is 2. The van der Waals surface area contributed by atoms with Crippen molar-refractivity contribution in [2.45, 2.75) is 77.3 Å². The molecule has 2 aromatic rings. The lowest BCUT2D eigenvalue weighted by Crippen LogP contribution is -2.63. The van der Waals surface area contributed by atoms with Gasteiger partial charge in [0.2, 0.25) is 11.8 Å². The first-order chi connectivity index (χ1) is 16.7. The molecule has 35 heavy (non-hydrogen) atoms. The number of aryl methyl sites for hydroxylation is 2. The Kier molecular flexibility index (Phi) is 4.90. The van der Waals surface area contributed by atoms with Crippen molar-refractivity contribution in [1.29, 1.82) is 0 Å². The van der Waals surface area contributed by atoms with Crippen LogP contribution >= 0.6 is 0 Å². The van der Waals surface area contributed by atoms with Gasteiger partial charge in [-0.2, -0.15) is 4.80 Å². The van der Waals surface area contributed by atoms with Crippen molar-refractivity contribution in [3.8, 4) is 0 Å². The Bertz CT molecular complexity index is 1220. The zero-order valence-electron chi connectivity index (χ0n) is 20.4. The molecule has 5 aliphatic rings. The molecule has 1 aromatic carbocycles. The average Bonchev–Trinajstić information content (AvgIpc) is 3.36. The number of nitrogens with zero attached hydrogens (tertiary/aromatic N) is 5. The van der Waals surface area contributed by atoms with E-state index in [0.29, 0.717) is 29.8 Å². The summed E-state index contributed by atoms with van der Waals surface area (Å²) in [7, 11) is 0. The van der Waals surface area contributed by atoms with Crippen molar-refractivity contribution in [2.24, 2.45) is 17.3 Å². The van der Waals surface area contributed by atoms with Gasteiger partial charge in [-0.05, 0) is 93.5 Å². The third-order valence-corrected chi connectivity index (χ3v) is 8.77. The summed E-state index contributed by atoms with van der Waals surface area (Å²) in [6.07, 6.45) is 5.43. The molecule has 2 heterocycles. The van der Waals surface area contributed by atoms with Crippen LogP contribution in [0.2, 0.25) is 0 Å². The minimum absolute atomic E-state index is 0.0108. The van der Waals surface area contributed by atoms with Gasteiger partial charge in [-0.3, -0.25) is 19.8 Å². The van der Waals surface area contributed by atoms with Gasteiger partial charge in [-0.25, -0.2) is 10.3 Å². The van der Waals surface area contributed by atoms with E-state index in [1.807, 2.05) is 32.9 Å². The molecule has 10 nitrogen and oxygen atoms in total. The van der Waals surface area contributed by atoms with E-state index in [9.17, 15) is 14.4 Å². The second-order valence-corrected chi connectivity index (χ2v) is 11.2. The monoisotopic (exact) mass is 477 g/mol. The number of anilines is 1. The van der Waals surface area contributed by atoms with Crippen LogP contribution in [0.15, 0.2) is 18.2 Å². The van der Waals surface area contributed by atoms with Crippen LogP contribution < -0.4 is 15.8 Å². The van der Waals surface area contributed by atoms with E-state index in [2.05, 4.69) is 26.3 Å². The van der Waals surface area contributed by atoms with Crippen molar-refractivity contribution >= 4 is 23.4 Å². The third kappa shape index (κ3) is 3.41. The molecule has 10 heteroatoms. The number of imide groups is 1. The van der Waals surface area contributed by atoms with Gasteiger partial charge < -0.3 is 0 Å². The predicted molar refractivity (Wildman–Crippen MR) is 126 cm³/mol. The number of tetrazole rings is 1. The highest BCUT2D eigenvalue weighted by Crippen LogP contribution is 2.63. The van der Waals surface area contributed by atoms with Gasteiger partial charge in [0.15, 0.2) is 5.82 Å². The molecule has 1 aliphatic heterocycles. The summed E-state index contributed by atoms with van der Waals surface area (Å²) in [5.41, 5.74) is 7.48. The summed E-state index contributed by atoms with van der Waals surface area (Å²) in [5.74, 6) is 0.827. The number of hydrazine groups is 1. The molecule has 3 amide bonds. The van der Waals surface area contributed by atoms with Crippen molar-refractivity contribution in [1.82, 2.24) is 31.1 Å². The normalized spacial score (nSPS) is 33.6. The number of hydrogen-bond acceptors (Lipinski definition) is 7. The SMILES string of the molecule is Cc1nnn(C23C[C@@H]4C[C@@H](CC(C(=O)NN[C@@H]5CC(=O)N(c6cccc(C)c6C)C5=O)(C4)C2)C3)n1. The number of carbonyl (C=O) groups excluding carboxylic acids is 3. The Balaban J connectivity index is 1.18. The first-order valence-corrected chi connectivity index (χ1v) is 12.5. The second kappa shape index (κ2) is 7.68. The molecule has 0 spiro atoms. The number of hydrogen-bond donors (Lipinski definition) is 2. The summed E-state index contributed by atoms with van der Waals surface area (Å²) in [6.45, 7) is 5.69. The van der Waals surface area contributed by atoms with Crippen LogP contribution in [0.25, 0.3) is 0 Å². The fourth-order valence-corrected chi connectivity index (χ4v) is 7.46. The summed E-state index contributed by atoms with van der Waals surface area (Å²) < 4.78 is 0. The zero-order chi connectivity index (χ0) is 24.5. The average molecular weight is 478 g/mol. The lowest BCUT2D eigenvalue weighted by atomic mass is 9.46. The van der Waals surface area contributed by atoms with Crippen LogP contribution in [0.4, 0.5) is 5.69 Å². The highest BCUT2D eigenvalue weighted by Gasteiger charge is 2.62. The highest BCUT2D eigenvalue weighted by molar-refractivity contribution is 6.22. The summed E-state index contributed by atoms with van der Waals surface area (Å²) in [6, 6.07) is 4.80. The van der Waals surface area contributed by atoms with Gasteiger partial charge in [0, 0.05) is 0 Å². The standard InChI is InChI=1S/C25H31N7O3/c1-14-5-4-6-20(15(14)2)31-21(33)8-19(22(31)34)27-28-23(35)24-9-17-7-18(10-24)12-25(11-17,13-24)32-29-16(3)26-30-32/h4-6,17-19,27H,7-13H2,1-3H3,(H,28,35)/t17-,18+,19-,24?,25?/m1/s1.